The summed E-state index contributed by atoms with van der Waals surface area (Å²) in [6.07, 6.45) is 1.38. The number of phenolic OH excluding ortho intramolecular Hbond substituents is 1. The number of nitrogens with zero attached hydrogens (tertiary/aromatic N) is 2. The van der Waals surface area contributed by atoms with Gasteiger partial charge in [-0.15, -0.1) is 0 Å². The molecule has 0 unspecified atom stereocenters. The Morgan fingerprint density at radius 3 is 2.90 bits per heavy atom. The molecule has 1 aromatic carbocycles. The Hall–Kier alpha value is -3.07. The Morgan fingerprint density at radius 1 is 1.50 bits per heavy atom. The Kier molecular flexibility index (Phi) is 3.82. The second kappa shape index (κ2) is 5.71. The first-order valence-corrected chi connectivity index (χ1v) is 5.74. The number of carbonyl (C=O) groups is 1. The van der Waals surface area contributed by atoms with Gasteiger partial charge in [0.05, 0.1) is 0 Å². The first-order valence-electron chi connectivity index (χ1n) is 5.74. The van der Waals surface area contributed by atoms with Crippen molar-refractivity contribution in [2.45, 2.75) is 6.92 Å². The van der Waals surface area contributed by atoms with Crippen LogP contribution in [0.2, 0.25) is 0 Å². The topological polar surface area (TPSA) is 99.2 Å². The maximum atomic E-state index is 11.9. The zero-order valence-electron chi connectivity index (χ0n) is 10.6. The lowest BCUT2D eigenvalue weighted by Crippen LogP contribution is -2.13. The summed E-state index contributed by atoms with van der Waals surface area (Å²) in [5.74, 6) is 0.257. The monoisotopic (exact) mass is 269 g/mol. The van der Waals surface area contributed by atoms with Crippen molar-refractivity contribution in [3.63, 3.8) is 0 Å². The molecule has 20 heavy (non-hydrogen) atoms. The Bertz CT molecular complexity index is 710. The molecule has 0 aliphatic rings. The number of aromatic nitrogens is 1. The lowest BCUT2D eigenvalue weighted by atomic mass is 10.1. The van der Waals surface area contributed by atoms with Crippen molar-refractivity contribution in [3.8, 4) is 11.8 Å². The number of aryl methyl sites for hydroxylation is 1. The Balaban J connectivity index is 2.19. The summed E-state index contributed by atoms with van der Waals surface area (Å²) in [6.45, 7) is 1.69. The smallest absolute Gasteiger partial charge is 0.267 e. The summed E-state index contributed by atoms with van der Waals surface area (Å²) in [6, 6.07) is 9.59. The van der Waals surface area contributed by atoms with Gasteiger partial charge < -0.3 is 14.9 Å². The molecule has 6 heteroatoms. The van der Waals surface area contributed by atoms with Crippen molar-refractivity contribution in [2.75, 3.05) is 5.32 Å². The number of nitriles is 1. The zero-order valence-corrected chi connectivity index (χ0v) is 10.6. The molecule has 0 fully saturated rings. The molecule has 2 rings (SSSR count). The summed E-state index contributed by atoms with van der Waals surface area (Å²) in [4.78, 5) is 11.9. The first-order chi connectivity index (χ1) is 9.58. The van der Waals surface area contributed by atoms with Crippen LogP contribution in [0, 0.1) is 18.3 Å². The highest BCUT2D eigenvalue weighted by Gasteiger charge is 2.11. The third-order valence-electron chi connectivity index (χ3n) is 2.42. The third kappa shape index (κ3) is 3.23. The molecule has 0 saturated heterocycles. The lowest BCUT2D eigenvalue weighted by molar-refractivity contribution is -0.112. The fourth-order valence-corrected chi connectivity index (χ4v) is 1.54. The molecule has 0 spiro atoms. The number of nitrogens with one attached hydrogen (secondary N) is 1. The van der Waals surface area contributed by atoms with Gasteiger partial charge in [-0.25, -0.2) is 0 Å². The fourth-order valence-electron chi connectivity index (χ4n) is 1.54. The minimum absolute atomic E-state index is 0.0589. The van der Waals surface area contributed by atoms with Crippen LogP contribution in [0.4, 0.5) is 5.82 Å². The second-order valence-corrected chi connectivity index (χ2v) is 4.04. The van der Waals surface area contributed by atoms with Crippen LogP contribution in [-0.2, 0) is 4.79 Å². The predicted molar refractivity (Wildman–Crippen MR) is 71.6 cm³/mol. The van der Waals surface area contributed by atoms with E-state index in [1.165, 1.54) is 18.2 Å². The van der Waals surface area contributed by atoms with Crippen molar-refractivity contribution < 1.29 is 14.4 Å². The molecule has 6 nitrogen and oxygen atoms in total. The van der Waals surface area contributed by atoms with E-state index in [0.717, 1.165) is 0 Å². The molecular weight excluding hydrogens is 258 g/mol. The number of benzene rings is 1. The maximum absolute atomic E-state index is 11.9. The molecular formula is C14H11N3O3. The summed E-state index contributed by atoms with van der Waals surface area (Å²) < 4.78 is 4.81. The van der Waals surface area contributed by atoms with Crippen LogP contribution < -0.4 is 5.32 Å². The number of carbonyl (C=O) groups excluding carboxylic acids is 1. The van der Waals surface area contributed by atoms with Gasteiger partial charge in [0.1, 0.15) is 23.2 Å². The molecule has 0 atom stereocenters. The zero-order chi connectivity index (χ0) is 14.5. The van der Waals surface area contributed by atoms with Crippen LogP contribution in [0.25, 0.3) is 6.08 Å². The van der Waals surface area contributed by atoms with Crippen molar-refractivity contribution in [1.82, 2.24) is 5.16 Å². The third-order valence-corrected chi connectivity index (χ3v) is 2.42. The highest BCUT2D eigenvalue weighted by atomic mass is 16.5. The van der Waals surface area contributed by atoms with E-state index >= 15 is 0 Å². The summed E-state index contributed by atoms with van der Waals surface area (Å²) in [7, 11) is 0. The van der Waals surface area contributed by atoms with Gasteiger partial charge >= 0.3 is 0 Å². The van der Waals surface area contributed by atoms with E-state index in [1.807, 2.05) is 0 Å². The largest absolute Gasteiger partial charge is 0.508 e. The highest BCUT2D eigenvalue weighted by molar-refractivity contribution is 6.09. The van der Waals surface area contributed by atoms with Gasteiger partial charge in [0.25, 0.3) is 5.91 Å². The van der Waals surface area contributed by atoms with Crippen molar-refractivity contribution in [1.29, 1.82) is 5.26 Å². The lowest BCUT2D eigenvalue weighted by Gasteiger charge is -2.00. The molecule has 0 radical (unpaired) electrons. The maximum Gasteiger partial charge on any atom is 0.267 e. The molecule has 0 bridgehead atoms. The van der Waals surface area contributed by atoms with Crippen molar-refractivity contribution >= 4 is 17.8 Å². The average Bonchev–Trinajstić information content (AvgIpc) is 2.81. The van der Waals surface area contributed by atoms with Crippen LogP contribution in [0.15, 0.2) is 40.4 Å². The number of hydrogen-bond acceptors (Lipinski definition) is 5. The number of hydrogen-bond donors (Lipinski definition) is 2. The highest BCUT2D eigenvalue weighted by Crippen LogP contribution is 2.15. The molecule has 1 heterocycles. The van der Waals surface area contributed by atoms with Crippen LogP contribution in [0.1, 0.15) is 11.3 Å². The fraction of sp³-hybridized carbons (Fsp3) is 0.0714. The van der Waals surface area contributed by atoms with Gasteiger partial charge in [-0.05, 0) is 30.7 Å². The average molecular weight is 269 g/mol. The molecule has 0 saturated carbocycles. The summed E-state index contributed by atoms with van der Waals surface area (Å²) >= 11 is 0. The number of phenols is 1. The molecule has 100 valence electrons. The minimum Gasteiger partial charge on any atom is -0.508 e. The molecule has 0 aliphatic carbocycles. The molecule has 0 aliphatic heterocycles. The molecule has 1 aromatic heterocycles. The molecule has 2 aromatic rings. The van der Waals surface area contributed by atoms with Gasteiger partial charge in [0.2, 0.25) is 0 Å². The molecule has 2 N–H and O–H groups in total. The Morgan fingerprint density at radius 2 is 2.30 bits per heavy atom. The van der Waals surface area contributed by atoms with Crippen molar-refractivity contribution in [2.24, 2.45) is 0 Å². The van der Waals surface area contributed by atoms with E-state index in [1.54, 1.807) is 31.2 Å². The van der Waals surface area contributed by atoms with Crippen LogP contribution in [0.3, 0.4) is 0 Å². The molecule has 1 amide bonds. The number of aromatic hydroxyl groups is 1. The van der Waals surface area contributed by atoms with E-state index in [4.69, 9.17) is 9.78 Å². The van der Waals surface area contributed by atoms with E-state index in [-0.39, 0.29) is 17.1 Å². The van der Waals surface area contributed by atoms with Gasteiger partial charge in [0, 0.05) is 6.07 Å². The normalized spacial score (nSPS) is 10.9. The van der Waals surface area contributed by atoms with Crippen LogP contribution in [-0.4, -0.2) is 16.2 Å². The van der Waals surface area contributed by atoms with E-state index in [2.05, 4.69) is 10.5 Å². The quantitative estimate of drug-likeness (QED) is 0.657. The van der Waals surface area contributed by atoms with Gasteiger partial charge in [-0.2, -0.15) is 5.26 Å². The number of rotatable bonds is 3. The first kappa shape index (κ1) is 13.4. The number of amides is 1. The standard InChI is InChI=1S/C14H11N3O3/c1-9-5-13(17-20-9)16-14(19)11(8-15)6-10-3-2-4-12(18)7-10/h2-7,18H,1H3,(H,16,17,19)/b11-6+. The van der Waals surface area contributed by atoms with Gasteiger partial charge in [0.15, 0.2) is 5.82 Å². The minimum atomic E-state index is -0.593. The number of anilines is 1. The van der Waals surface area contributed by atoms with Crippen molar-refractivity contribution in [3.05, 3.63) is 47.2 Å². The predicted octanol–water partition coefficient (Wildman–Crippen LogP) is 2.23. The second-order valence-electron chi connectivity index (χ2n) is 4.04. The Labute approximate surface area is 114 Å². The van der Waals surface area contributed by atoms with Crippen LogP contribution >= 0.6 is 0 Å². The summed E-state index contributed by atoms with van der Waals surface area (Å²) in [5.41, 5.74) is 0.448. The van der Waals surface area contributed by atoms with E-state index < -0.39 is 5.91 Å². The van der Waals surface area contributed by atoms with Crippen LogP contribution in [0.5, 0.6) is 5.75 Å². The van der Waals surface area contributed by atoms with Gasteiger partial charge in [-0.1, -0.05) is 17.3 Å². The van der Waals surface area contributed by atoms with E-state index in [9.17, 15) is 9.90 Å². The summed E-state index contributed by atoms with van der Waals surface area (Å²) in [5, 5.41) is 24.4. The van der Waals surface area contributed by atoms with Gasteiger partial charge in [-0.3, -0.25) is 4.79 Å². The van der Waals surface area contributed by atoms with E-state index in [0.29, 0.717) is 11.3 Å². The SMILES string of the molecule is Cc1cc(NC(=O)/C(C#N)=C/c2cccc(O)c2)no1.